The Balaban J connectivity index is 1.45. The molecule has 3 aliphatic rings. The summed E-state index contributed by atoms with van der Waals surface area (Å²) >= 11 is 0. The van der Waals surface area contributed by atoms with E-state index in [1.54, 1.807) is 4.90 Å². The van der Waals surface area contributed by atoms with Gasteiger partial charge in [-0.2, -0.15) is 0 Å². The molecule has 4 heterocycles. The molecule has 5 heteroatoms. The second kappa shape index (κ2) is 6.81. The zero-order valence-corrected chi connectivity index (χ0v) is 15.2. The number of H-pyrrole nitrogens is 1. The third-order valence-corrected chi connectivity index (χ3v) is 5.76. The second-order valence-electron chi connectivity index (χ2n) is 7.91. The minimum Gasteiger partial charge on any atom is -0.361 e. The second-order valence-corrected chi connectivity index (χ2v) is 7.91. The van der Waals surface area contributed by atoms with E-state index in [9.17, 15) is 4.79 Å². The number of rotatable bonds is 4. The van der Waals surface area contributed by atoms with E-state index >= 15 is 0 Å². The van der Waals surface area contributed by atoms with Crippen molar-refractivity contribution >= 4 is 16.8 Å². The van der Waals surface area contributed by atoms with Gasteiger partial charge in [0.2, 0.25) is 5.91 Å². The third kappa shape index (κ3) is 3.58. The van der Waals surface area contributed by atoms with Crippen LogP contribution in [0.15, 0.2) is 30.5 Å². The first-order valence-corrected chi connectivity index (χ1v) is 9.31. The first-order chi connectivity index (χ1) is 12.1. The Kier molecular flexibility index (Phi) is 4.52. The van der Waals surface area contributed by atoms with Crippen LogP contribution in [0.2, 0.25) is 0 Å². The molecule has 0 spiro atoms. The molecule has 134 valence electrons. The molecular weight excluding hydrogens is 312 g/mol. The Morgan fingerprint density at radius 1 is 1.20 bits per heavy atom. The van der Waals surface area contributed by atoms with Gasteiger partial charge in [-0.05, 0) is 47.9 Å². The molecule has 1 aromatic heterocycles. The van der Waals surface area contributed by atoms with E-state index in [1.165, 1.54) is 29.3 Å². The molecule has 2 aromatic rings. The predicted octanol–water partition coefficient (Wildman–Crippen LogP) is 2.15. The molecule has 2 atom stereocenters. The number of amides is 1. The van der Waals surface area contributed by atoms with E-state index in [0.29, 0.717) is 18.5 Å². The number of nitrogens with zero attached hydrogens (tertiary/aromatic N) is 3. The van der Waals surface area contributed by atoms with Crippen LogP contribution in [0.1, 0.15) is 18.4 Å². The maximum atomic E-state index is 12.1. The summed E-state index contributed by atoms with van der Waals surface area (Å²) in [6.45, 7) is 4.80. The van der Waals surface area contributed by atoms with Crippen LogP contribution in [0.3, 0.4) is 0 Å². The van der Waals surface area contributed by atoms with Crippen molar-refractivity contribution in [3.05, 3.63) is 36.0 Å². The molecule has 5 nitrogen and oxygen atoms in total. The zero-order chi connectivity index (χ0) is 17.4. The lowest BCUT2D eigenvalue weighted by molar-refractivity contribution is -0.130. The van der Waals surface area contributed by atoms with Crippen molar-refractivity contribution in [3.8, 4) is 0 Å². The molecule has 1 aromatic carbocycles. The van der Waals surface area contributed by atoms with Crippen LogP contribution in [-0.4, -0.2) is 71.9 Å². The third-order valence-electron chi connectivity index (χ3n) is 5.76. The molecule has 0 aliphatic carbocycles. The highest BCUT2D eigenvalue weighted by Crippen LogP contribution is 2.29. The average Bonchev–Trinajstić information content (AvgIpc) is 2.88. The first-order valence-electron chi connectivity index (χ1n) is 9.31. The summed E-state index contributed by atoms with van der Waals surface area (Å²) in [6.07, 6.45) is 4.55. The molecule has 0 radical (unpaired) electrons. The Bertz CT molecular complexity index is 753. The molecule has 1 N–H and O–H groups in total. The van der Waals surface area contributed by atoms with Crippen molar-refractivity contribution in [1.29, 1.82) is 0 Å². The molecule has 3 saturated heterocycles. The van der Waals surface area contributed by atoms with Gasteiger partial charge in [0.25, 0.3) is 0 Å². The van der Waals surface area contributed by atoms with Gasteiger partial charge >= 0.3 is 0 Å². The normalized spacial score (nSPS) is 24.6. The average molecular weight is 340 g/mol. The van der Waals surface area contributed by atoms with E-state index < -0.39 is 0 Å². The Labute approximate surface area is 149 Å². The van der Waals surface area contributed by atoms with Crippen molar-refractivity contribution in [2.45, 2.75) is 25.4 Å². The number of benzene rings is 1. The van der Waals surface area contributed by atoms with Crippen LogP contribution in [0.25, 0.3) is 10.9 Å². The topological polar surface area (TPSA) is 42.6 Å². The number of hydrogen-bond acceptors (Lipinski definition) is 3. The fourth-order valence-corrected chi connectivity index (χ4v) is 4.37. The number of fused-ring (bicyclic) bond motifs is 5. The number of likely N-dealkylation sites (N-methyl/N-ethyl adjacent to an activating group) is 1. The number of aromatic nitrogens is 1. The van der Waals surface area contributed by atoms with E-state index in [4.69, 9.17) is 0 Å². The molecule has 25 heavy (non-hydrogen) atoms. The number of carbonyl (C=O) groups excluding carboxylic acids is 1. The minimum atomic E-state index is 0.214. The van der Waals surface area contributed by atoms with Gasteiger partial charge in [0.1, 0.15) is 0 Å². The summed E-state index contributed by atoms with van der Waals surface area (Å²) in [5, 5.41) is 1.29. The summed E-state index contributed by atoms with van der Waals surface area (Å²) in [7, 11) is 3.69. The zero-order valence-electron chi connectivity index (χ0n) is 15.2. The molecule has 5 rings (SSSR count). The van der Waals surface area contributed by atoms with E-state index in [-0.39, 0.29) is 5.91 Å². The van der Waals surface area contributed by atoms with Crippen molar-refractivity contribution < 1.29 is 4.79 Å². The molecule has 3 aliphatic heterocycles. The summed E-state index contributed by atoms with van der Waals surface area (Å²) in [5.74, 6) is 0.899. The first kappa shape index (κ1) is 16.6. The van der Waals surface area contributed by atoms with E-state index in [1.807, 2.05) is 20.3 Å². The smallest absolute Gasteiger partial charge is 0.236 e. The predicted molar refractivity (Wildman–Crippen MR) is 100 cm³/mol. The van der Waals surface area contributed by atoms with Crippen LogP contribution in [-0.2, 0) is 11.3 Å². The Morgan fingerprint density at radius 2 is 2.08 bits per heavy atom. The lowest BCUT2D eigenvalue weighted by atomic mass is 9.94. The molecular formula is C20H28N4O. The van der Waals surface area contributed by atoms with Gasteiger partial charge in [0.05, 0.1) is 6.54 Å². The minimum absolute atomic E-state index is 0.214. The van der Waals surface area contributed by atoms with Crippen LogP contribution in [0.4, 0.5) is 0 Å². The van der Waals surface area contributed by atoms with Gasteiger partial charge in [0.15, 0.2) is 0 Å². The monoisotopic (exact) mass is 340 g/mol. The number of nitrogens with one attached hydrogen (secondary N) is 1. The van der Waals surface area contributed by atoms with Gasteiger partial charge in [-0.15, -0.1) is 0 Å². The largest absolute Gasteiger partial charge is 0.361 e. The molecule has 2 bridgehead atoms. The summed E-state index contributed by atoms with van der Waals surface area (Å²) in [6, 6.07) is 9.43. The van der Waals surface area contributed by atoms with Crippen LogP contribution in [0.5, 0.6) is 0 Å². The number of carbonyl (C=O) groups is 1. The number of hydrogen-bond donors (Lipinski definition) is 1. The van der Waals surface area contributed by atoms with Crippen LogP contribution in [0, 0.1) is 5.92 Å². The molecule has 3 fully saturated rings. The fraction of sp³-hybridized carbons (Fsp3) is 0.550. The highest BCUT2D eigenvalue weighted by molar-refractivity contribution is 5.80. The highest BCUT2D eigenvalue weighted by atomic mass is 16.2. The highest BCUT2D eigenvalue weighted by Gasteiger charge is 2.35. The van der Waals surface area contributed by atoms with Gasteiger partial charge < -0.3 is 9.88 Å². The Hall–Kier alpha value is -1.85. The van der Waals surface area contributed by atoms with Crippen molar-refractivity contribution in [2.24, 2.45) is 5.92 Å². The summed E-state index contributed by atoms with van der Waals surface area (Å²) in [5.41, 5.74) is 2.59. The quantitative estimate of drug-likeness (QED) is 0.927. The van der Waals surface area contributed by atoms with Gasteiger partial charge in [0, 0.05) is 58.0 Å². The maximum Gasteiger partial charge on any atom is 0.236 e. The summed E-state index contributed by atoms with van der Waals surface area (Å²) < 4.78 is 0. The maximum absolute atomic E-state index is 12.1. The van der Waals surface area contributed by atoms with Crippen LogP contribution < -0.4 is 0 Å². The van der Waals surface area contributed by atoms with E-state index in [2.05, 4.69) is 39.0 Å². The standard InChI is InChI=1S/C20H28N4O/c1-22(2)20(25)14-23-10-16-3-5-18(13-23)24(12-16)11-15-4-6-19-17(9-15)7-8-21-19/h4,6-9,16,18,21H,3,5,10-14H2,1-2H3/t16-,18+/m1/s1. The van der Waals surface area contributed by atoms with Gasteiger partial charge in [-0.1, -0.05) is 6.07 Å². The fourth-order valence-electron chi connectivity index (χ4n) is 4.37. The van der Waals surface area contributed by atoms with Gasteiger partial charge in [-0.25, -0.2) is 0 Å². The SMILES string of the molecule is CN(C)C(=O)CN1C[C@H]2CC[C@@H](C1)N(Cc1ccc3[nH]ccc3c1)C2. The van der Waals surface area contributed by atoms with Crippen molar-refractivity contribution in [2.75, 3.05) is 40.3 Å². The molecule has 0 saturated carbocycles. The van der Waals surface area contributed by atoms with E-state index in [0.717, 1.165) is 26.2 Å². The number of piperidine rings is 1. The molecule has 0 unspecified atom stereocenters. The van der Waals surface area contributed by atoms with Crippen LogP contribution >= 0.6 is 0 Å². The van der Waals surface area contributed by atoms with Crippen molar-refractivity contribution in [1.82, 2.24) is 19.7 Å². The molecule has 1 amide bonds. The lowest BCUT2D eigenvalue weighted by Crippen LogP contribution is -2.44. The lowest BCUT2D eigenvalue weighted by Gasteiger charge is -2.36. The Morgan fingerprint density at radius 3 is 2.92 bits per heavy atom. The van der Waals surface area contributed by atoms with Gasteiger partial charge in [-0.3, -0.25) is 14.6 Å². The summed E-state index contributed by atoms with van der Waals surface area (Å²) in [4.78, 5) is 22.1. The number of aromatic amines is 1. The van der Waals surface area contributed by atoms with Crippen molar-refractivity contribution in [3.63, 3.8) is 0 Å².